The predicted molar refractivity (Wildman–Crippen MR) is 78.1 cm³/mol. The van der Waals surface area contributed by atoms with Crippen LogP contribution in [0.4, 0.5) is 5.69 Å². The maximum absolute atomic E-state index is 11.2. The summed E-state index contributed by atoms with van der Waals surface area (Å²) in [6, 6.07) is 12.7. The summed E-state index contributed by atoms with van der Waals surface area (Å²) < 4.78 is 11.1. The summed E-state index contributed by atoms with van der Waals surface area (Å²) in [7, 11) is 1.38. The molecule has 0 saturated carbocycles. The second-order valence-electron chi connectivity index (χ2n) is 3.96. The van der Waals surface area contributed by atoms with Crippen molar-refractivity contribution < 1.29 is 14.4 Å². The van der Waals surface area contributed by atoms with Gasteiger partial charge in [0.1, 0.15) is 6.61 Å². The molecule has 0 atom stereocenters. The highest BCUT2D eigenvalue weighted by molar-refractivity contribution is 9.10. The molecular formula is C14H12BrNO4. The van der Waals surface area contributed by atoms with Crippen molar-refractivity contribution in [3.63, 3.8) is 0 Å². The van der Waals surface area contributed by atoms with Crippen molar-refractivity contribution in [1.29, 1.82) is 0 Å². The third kappa shape index (κ3) is 3.08. The zero-order valence-corrected chi connectivity index (χ0v) is 12.3. The third-order valence-corrected chi connectivity index (χ3v) is 3.29. The highest BCUT2D eigenvalue weighted by atomic mass is 79.9. The Labute approximate surface area is 124 Å². The molecule has 0 bridgehead atoms. The van der Waals surface area contributed by atoms with E-state index in [1.807, 2.05) is 30.3 Å². The van der Waals surface area contributed by atoms with E-state index in [2.05, 4.69) is 15.9 Å². The first kappa shape index (κ1) is 14.3. The molecule has 5 nitrogen and oxygen atoms in total. The van der Waals surface area contributed by atoms with Gasteiger partial charge in [-0.25, -0.2) is 0 Å². The summed E-state index contributed by atoms with van der Waals surface area (Å²) in [5, 5.41) is 11.2. The van der Waals surface area contributed by atoms with Crippen LogP contribution in [0.25, 0.3) is 0 Å². The average molecular weight is 338 g/mol. The second-order valence-corrected chi connectivity index (χ2v) is 4.81. The van der Waals surface area contributed by atoms with Gasteiger partial charge >= 0.3 is 5.69 Å². The third-order valence-electron chi connectivity index (χ3n) is 2.67. The minimum atomic E-state index is -0.510. The van der Waals surface area contributed by atoms with Gasteiger partial charge in [-0.2, -0.15) is 0 Å². The number of hydrogen-bond donors (Lipinski definition) is 0. The van der Waals surface area contributed by atoms with Crippen molar-refractivity contribution in [3.05, 3.63) is 62.6 Å². The lowest BCUT2D eigenvalue weighted by Gasteiger charge is -2.10. The monoisotopic (exact) mass is 337 g/mol. The van der Waals surface area contributed by atoms with Gasteiger partial charge in [0.25, 0.3) is 0 Å². The Morgan fingerprint density at radius 1 is 1.20 bits per heavy atom. The molecule has 2 aromatic rings. The Bertz CT molecular complexity index is 616. The van der Waals surface area contributed by atoms with Gasteiger partial charge in [0.2, 0.25) is 11.5 Å². The lowest BCUT2D eigenvalue weighted by Crippen LogP contribution is -2.01. The van der Waals surface area contributed by atoms with Crippen LogP contribution in [0.5, 0.6) is 11.5 Å². The molecule has 0 aliphatic heterocycles. The van der Waals surface area contributed by atoms with Crippen LogP contribution in [0.2, 0.25) is 0 Å². The van der Waals surface area contributed by atoms with Gasteiger partial charge in [-0.1, -0.05) is 30.3 Å². The van der Waals surface area contributed by atoms with Crippen LogP contribution < -0.4 is 9.47 Å². The Hall–Kier alpha value is -2.08. The SMILES string of the molecule is COc1c(Br)ccc(OCc2ccccc2)c1[N+](=O)[O-]. The first-order chi connectivity index (χ1) is 9.63. The van der Waals surface area contributed by atoms with E-state index in [0.717, 1.165) is 5.56 Å². The summed E-state index contributed by atoms with van der Waals surface area (Å²) in [6.45, 7) is 0.256. The highest BCUT2D eigenvalue weighted by Crippen LogP contribution is 2.42. The molecule has 0 unspecified atom stereocenters. The van der Waals surface area contributed by atoms with Crippen molar-refractivity contribution in [2.75, 3.05) is 7.11 Å². The van der Waals surface area contributed by atoms with E-state index in [-0.39, 0.29) is 23.8 Å². The van der Waals surface area contributed by atoms with E-state index in [1.54, 1.807) is 12.1 Å². The van der Waals surface area contributed by atoms with Gasteiger partial charge in [-0.15, -0.1) is 0 Å². The van der Waals surface area contributed by atoms with Crippen molar-refractivity contribution in [3.8, 4) is 11.5 Å². The molecule has 0 radical (unpaired) electrons. The molecule has 0 aromatic heterocycles. The topological polar surface area (TPSA) is 61.6 Å². The molecule has 0 N–H and O–H groups in total. The molecule has 0 saturated heterocycles. The quantitative estimate of drug-likeness (QED) is 0.612. The van der Waals surface area contributed by atoms with Crippen LogP contribution in [-0.2, 0) is 6.61 Å². The van der Waals surface area contributed by atoms with E-state index in [0.29, 0.717) is 4.47 Å². The molecule has 0 aliphatic carbocycles. The second kappa shape index (κ2) is 6.38. The number of benzene rings is 2. The average Bonchev–Trinajstić information content (AvgIpc) is 2.46. The molecule has 0 fully saturated rings. The first-order valence-corrected chi connectivity index (χ1v) is 6.60. The fraction of sp³-hybridized carbons (Fsp3) is 0.143. The van der Waals surface area contributed by atoms with Crippen LogP contribution in [0, 0.1) is 10.1 Å². The number of halogens is 1. The summed E-state index contributed by atoms with van der Waals surface area (Å²) >= 11 is 3.22. The fourth-order valence-corrected chi connectivity index (χ4v) is 2.23. The van der Waals surface area contributed by atoms with Crippen molar-refractivity contribution >= 4 is 21.6 Å². The van der Waals surface area contributed by atoms with E-state index in [4.69, 9.17) is 9.47 Å². The normalized spacial score (nSPS) is 10.1. The molecule has 6 heteroatoms. The van der Waals surface area contributed by atoms with Gasteiger partial charge in [-0.05, 0) is 33.6 Å². The lowest BCUT2D eigenvalue weighted by molar-refractivity contribution is -0.386. The number of nitrogens with zero attached hydrogens (tertiary/aromatic N) is 1. The van der Waals surface area contributed by atoms with Gasteiger partial charge in [0.05, 0.1) is 16.5 Å². The lowest BCUT2D eigenvalue weighted by atomic mass is 10.2. The van der Waals surface area contributed by atoms with Gasteiger partial charge in [0, 0.05) is 0 Å². The number of nitro benzene ring substituents is 1. The standard InChI is InChI=1S/C14H12BrNO4/c1-19-14-11(15)7-8-12(13(14)16(17)18)20-9-10-5-3-2-4-6-10/h2-8H,9H2,1H3. The Morgan fingerprint density at radius 3 is 2.50 bits per heavy atom. The molecule has 104 valence electrons. The highest BCUT2D eigenvalue weighted by Gasteiger charge is 2.24. The molecule has 20 heavy (non-hydrogen) atoms. The maximum atomic E-state index is 11.2. The fourth-order valence-electron chi connectivity index (χ4n) is 1.75. The van der Waals surface area contributed by atoms with Crippen LogP contribution in [0.15, 0.2) is 46.9 Å². The predicted octanol–water partition coefficient (Wildman–Crippen LogP) is 3.94. The van der Waals surface area contributed by atoms with Crippen LogP contribution >= 0.6 is 15.9 Å². The van der Waals surface area contributed by atoms with Gasteiger partial charge in [-0.3, -0.25) is 10.1 Å². The molecule has 2 rings (SSSR count). The van der Waals surface area contributed by atoms with E-state index in [1.165, 1.54) is 7.11 Å². The minimum absolute atomic E-state index is 0.153. The zero-order chi connectivity index (χ0) is 14.5. The van der Waals surface area contributed by atoms with Gasteiger partial charge < -0.3 is 9.47 Å². The number of methoxy groups -OCH3 is 1. The number of ether oxygens (including phenoxy) is 2. The van der Waals surface area contributed by atoms with E-state index >= 15 is 0 Å². The van der Waals surface area contributed by atoms with Crippen molar-refractivity contribution in [1.82, 2.24) is 0 Å². The number of nitro groups is 1. The molecule has 2 aromatic carbocycles. The number of hydrogen-bond acceptors (Lipinski definition) is 4. The summed E-state index contributed by atoms with van der Waals surface area (Å²) in [6.07, 6.45) is 0. The Morgan fingerprint density at radius 2 is 1.90 bits per heavy atom. The van der Waals surface area contributed by atoms with Crippen molar-refractivity contribution in [2.24, 2.45) is 0 Å². The minimum Gasteiger partial charge on any atom is -0.489 e. The molecule has 0 heterocycles. The zero-order valence-electron chi connectivity index (χ0n) is 10.7. The number of rotatable bonds is 5. The molecular weight excluding hydrogens is 326 g/mol. The van der Waals surface area contributed by atoms with E-state index in [9.17, 15) is 10.1 Å². The largest absolute Gasteiger partial charge is 0.489 e. The van der Waals surface area contributed by atoms with Crippen LogP contribution in [0.1, 0.15) is 5.56 Å². The summed E-state index contributed by atoms with van der Waals surface area (Å²) in [5.74, 6) is 0.333. The smallest absolute Gasteiger partial charge is 0.353 e. The summed E-state index contributed by atoms with van der Waals surface area (Å²) in [5.41, 5.74) is 0.751. The first-order valence-electron chi connectivity index (χ1n) is 5.81. The Kier molecular flexibility index (Phi) is 4.57. The summed E-state index contributed by atoms with van der Waals surface area (Å²) in [4.78, 5) is 10.7. The van der Waals surface area contributed by atoms with Crippen LogP contribution in [0.3, 0.4) is 0 Å². The van der Waals surface area contributed by atoms with Gasteiger partial charge in [0.15, 0.2) is 0 Å². The maximum Gasteiger partial charge on any atom is 0.353 e. The molecule has 0 amide bonds. The van der Waals surface area contributed by atoms with E-state index < -0.39 is 4.92 Å². The molecule has 0 spiro atoms. The van der Waals surface area contributed by atoms with Crippen molar-refractivity contribution in [2.45, 2.75) is 6.61 Å². The van der Waals surface area contributed by atoms with Crippen LogP contribution in [-0.4, -0.2) is 12.0 Å². The Balaban J connectivity index is 2.30. The molecule has 0 aliphatic rings.